The minimum atomic E-state index is -1.57. The molecule has 2 fully saturated rings. The molecule has 2 unspecified atom stereocenters. The van der Waals surface area contributed by atoms with E-state index in [2.05, 4.69) is 9.47 Å². The second-order valence-corrected chi connectivity index (χ2v) is 5.44. The molecule has 0 saturated carbocycles. The van der Waals surface area contributed by atoms with E-state index in [4.69, 9.17) is 51.1 Å². The molecule has 2 aliphatic heterocycles. The van der Waals surface area contributed by atoms with Gasteiger partial charge in [0, 0.05) is 0 Å². The van der Waals surface area contributed by atoms with Crippen molar-refractivity contribution in [3.8, 4) is 0 Å². The fraction of sp³-hybridized carbons (Fsp3) is 1.00. The lowest BCUT2D eigenvalue weighted by atomic mass is 10.00. The lowest BCUT2D eigenvalue weighted by molar-refractivity contribution is -0.286. The second-order valence-electron chi connectivity index (χ2n) is 5.44. The van der Waals surface area contributed by atoms with E-state index in [1.807, 2.05) is 0 Å². The lowest BCUT2D eigenvalue weighted by Crippen LogP contribution is -2.58. The van der Waals surface area contributed by atoms with Crippen LogP contribution in [0, 0.1) is 0 Å². The van der Waals surface area contributed by atoms with Gasteiger partial charge in [-0.15, -0.1) is 0 Å². The number of hydrogen-bond donors (Lipinski definition) is 10. The van der Waals surface area contributed by atoms with Gasteiger partial charge in [0.05, 0.1) is 13.2 Å². The molecule has 0 aromatic heterocycles. The predicted molar refractivity (Wildman–Crippen MR) is 72.0 cm³/mol. The van der Waals surface area contributed by atoms with Crippen molar-refractivity contribution < 1.29 is 60.5 Å². The third-order valence-corrected chi connectivity index (χ3v) is 3.73. The Bertz CT molecular complexity index is 326. The highest BCUT2D eigenvalue weighted by atomic mass is 16.6. The number of aliphatic hydroxyl groups is 10. The molecule has 0 aliphatic carbocycles. The molecule has 12 heteroatoms. The maximum atomic E-state index is 9.12. The molecule has 0 radical (unpaired) electrons. The molecule has 2 saturated heterocycles. The van der Waals surface area contributed by atoms with E-state index < -0.39 is 74.6 Å². The fourth-order valence-electron chi connectivity index (χ4n) is 2.16. The molecular weight excluding hydrogens is 336 g/mol. The van der Waals surface area contributed by atoms with Crippen molar-refractivity contribution in [2.24, 2.45) is 0 Å². The minimum absolute atomic E-state index is 0.526. The Morgan fingerprint density at radius 2 is 0.750 bits per heavy atom. The first-order valence-electron chi connectivity index (χ1n) is 7.12. The zero-order chi connectivity index (χ0) is 18.6. The monoisotopic (exact) mass is 360 g/mol. The van der Waals surface area contributed by atoms with Crippen LogP contribution in [-0.4, -0.2) is 126 Å². The molecule has 2 aliphatic rings. The van der Waals surface area contributed by atoms with Crippen LogP contribution in [0.25, 0.3) is 0 Å². The molecule has 10 atom stereocenters. The van der Waals surface area contributed by atoms with Gasteiger partial charge >= 0.3 is 0 Å². The Kier molecular flexibility index (Phi) is 8.34. The molecule has 2 rings (SSSR count). The van der Waals surface area contributed by atoms with Gasteiger partial charge in [0.25, 0.3) is 0 Å². The highest BCUT2D eigenvalue weighted by Crippen LogP contribution is 2.19. The van der Waals surface area contributed by atoms with Crippen LogP contribution < -0.4 is 0 Å². The van der Waals surface area contributed by atoms with Crippen LogP contribution >= 0.6 is 0 Å². The van der Waals surface area contributed by atoms with Gasteiger partial charge in [-0.2, -0.15) is 0 Å². The van der Waals surface area contributed by atoms with Crippen molar-refractivity contribution in [1.82, 2.24) is 0 Å². The number of rotatable bonds is 2. The van der Waals surface area contributed by atoms with Crippen LogP contribution in [0.5, 0.6) is 0 Å². The van der Waals surface area contributed by atoms with Crippen molar-refractivity contribution in [2.75, 3.05) is 13.2 Å². The van der Waals surface area contributed by atoms with Crippen molar-refractivity contribution in [3.05, 3.63) is 0 Å². The normalized spacial score (nSPS) is 49.2. The van der Waals surface area contributed by atoms with Crippen LogP contribution in [-0.2, 0) is 9.47 Å². The summed E-state index contributed by atoms with van der Waals surface area (Å²) in [7, 11) is 0. The Morgan fingerprint density at radius 1 is 0.458 bits per heavy atom. The summed E-state index contributed by atoms with van der Waals surface area (Å²) in [6, 6.07) is 0. The van der Waals surface area contributed by atoms with Crippen LogP contribution in [0.2, 0.25) is 0 Å². The summed E-state index contributed by atoms with van der Waals surface area (Å²) >= 11 is 0. The summed E-state index contributed by atoms with van der Waals surface area (Å²) in [6.45, 7) is -1.05. The maximum absolute atomic E-state index is 9.12. The molecule has 0 amide bonds. The fourth-order valence-corrected chi connectivity index (χ4v) is 2.16. The summed E-state index contributed by atoms with van der Waals surface area (Å²) in [4.78, 5) is 0. The summed E-state index contributed by atoms with van der Waals surface area (Å²) in [5.41, 5.74) is 0. The van der Waals surface area contributed by atoms with Gasteiger partial charge in [-0.1, -0.05) is 0 Å². The maximum Gasteiger partial charge on any atom is 0.184 e. The Hall–Kier alpha value is -0.480. The van der Waals surface area contributed by atoms with Crippen molar-refractivity contribution in [1.29, 1.82) is 0 Å². The number of ether oxygens (including phenoxy) is 2. The van der Waals surface area contributed by atoms with Gasteiger partial charge in [-0.05, 0) is 0 Å². The molecular formula is C12H24O12. The zero-order valence-corrected chi connectivity index (χ0v) is 12.5. The van der Waals surface area contributed by atoms with Gasteiger partial charge < -0.3 is 60.5 Å². The summed E-state index contributed by atoms with van der Waals surface area (Å²) < 4.78 is 9.15. The minimum Gasteiger partial charge on any atom is -0.394 e. The highest BCUT2D eigenvalue weighted by molar-refractivity contribution is 4.88. The molecule has 2 heterocycles. The van der Waals surface area contributed by atoms with Gasteiger partial charge in [0.15, 0.2) is 12.6 Å². The molecule has 0 aromatic carbocycles. The molecule has 144 valence electrons. The van der Waals surface area contributed by atoms with E-state index in [1.54, 1.807) is 0 Å². The molecule has 10 N–H and O–H groups in total. The largest absolute Gasteiger partial charge is 0.394 e. The van der Waals surface area contributed by atoms with Gasteiger partial charge in [0.1, 0.15) is 48.8 Å². The molecule has 12 nitrogen and oxygen atoms in total. The van der Waals surface area contributed by atoms with E-state index >= 15 is 0 Å². The quantitative estimate of drug-likeness (QED) is 0.222. The first kappa shape index (κ1) is 21.6. The Balaban J connectivity index is 0.000000240. The van der Waals surface area contributed by atoms with Crippen molar-refractivity contribution in [2.45, 2.75) is 61.4 Å². The van der Waals surface area contributed by atoms with Gasteiger partial charge in [-0.3, -0.25) is 0 Å². The first-order valence-corrected chi connectivity index (χ1v) is 7.12. The smallest absolute Gasteiger partial charge is 0.184 e. The first-order chi connectivity index (χ1) is 11.1. The molecule has 24 heavy (non-hydrogen) atoms. The highest BCUT2D eigenvalue weighted by Gasteiger charge is 2.43. The van der Waals surface area contributed by atoms with Crippen molar-refractivity contribution in [3.63, 3.8) is 0 Å². The zero-order valence-electron chi connectivity index (χ0n) is 12.5. The second kappa shape index (κ2) is 9.28. The molecule has 0 bridgehead atoms. The topological polar surface area (TPSA) is 221 Å². The average molecular weight is 360 g/mol. The predicted octanol–water partition coefficient (Wildman–Crippen LogP) is -6.44. The van der Waals surface area contributed by atoms with E-state index in [-0.39, 0.29) is 0 Å². The van der Waals surface area contributed by atoms with Gasteiger partial charge in [-0.25, -0.2) is 0 Å². The van der Waals surface area contributed by atoms with Crippen LogP contribution in [0.4, 0.5) is 0 Å². The standard InChI is InChI=1S/2C6H12O6/c2*7-1-2-3(8)4(9)5(10)6(11)12-2/h2*2-11H,1H2/t2*2-,3-,4+,5-,6?/m11/s1. The Morgan fingerprint density at radius 3 is 1.00 bits per heavy atom. The van der Waals surface area contributed by atoms with Crippen LogP contribution in [0.15, 0.2) is 0 Å². The summed E-state index contributed by atoms with van der Waals surface area (Å²) in [5, 5.41) is 89.3. The number of aliphatic hydroxyl groups excluding tert-OH is 10. The lowest BCUT2D eigenvalue weighted by Gasteiger charge is -2.37. The summed E-state index contributed by atoms with van der Waals surface area (Å²) in [6.07, 6.45) is -14.1. The SMILES string of the molecule is OC[C@H]1OC(O)[C@H](O)[C@@H](O)[C@@H]1O.OC[C@H]1OC(O)[C@H](O)[C@@H](O)[C@@H]1O. The van der Waals surface area contributed by atoms with E-state index in [9.17, 15) is 0 Å². The number of hydrogen-bond acceptors (Lipinski definition) is 12. The third-order valence-electron chi connectivity index (χ3n) is 3.73. The van der Waals surface area contributed by atoms with E-state index in [0.717, 1.165) is 0 Å². The Labute approximate surface area is 136 Å². The third kappa shape index (κ3) is 4.78. The van der Waals surface area contributed by atoms with E-state index in [1.165, 1.54) is 0 Å². The summed E-state index contributed by atoms with van der Waals surface area (Å²) in [5.74, 6) is 0. The van der Waals surface area contributed by atoms with Crippen molar-refractivity contribution >= 4 is 0 Å². The van der Waals surface area contributed by atoms with Crippen LogP contribution in [0.3, 0.4) is 0 Å². The van der Waals surface area contributed by atoms with E-state index in [0.29, 0.717) is 0 Å². The average Bonchev–Trinajstić information content (AvgIpc) is 2.58. The molecule has 0 spiro atoms. The molecule has 0 aromatic rings. The van der Waals surface area contributed by atoms with Crippen LogP contribution in [0.1, 0.15) is 0 Å². The van der Waals surface area contributed by atoms with Gasteiger partial charge in [0.2, 0.25) is 0 Å².